The van der Waals surface area contributed by atoms with Gasteiger partial charge in [0.15, 0.2) is 11.5 Å². The van der Waals surface area contributed by atoms with Gasteiger partial charge in [0, 0.05) is 11.1 Å². The molecule has 0 amide bonds. The second-order valence-electron chi connectivity index (χ2n) is 4.87. The van der Waals surface area contributed by atoms with E-state index in [4.69, 9.17) is 31.5 Å². The molecule has 1 heterocycles. The van der Waals surface area contributed by atoms with Crippen LogP contribution in [0.1, 0.15) is 31.2 Å². The number of nitrogens with two attached hydrogens (primary N) is 1. The maximum absolute atomic E-state index is 6.48. The van der Waals surface area contributed by atoms with E-state index in [1.807, 2.05) is 6.07 Å². The molecule has 0 saturated heterocycles. The second-order valence-corrected chi connectivity index (χ2v) is 5.25. The summed E-state index contributed by atoms with van der Waals surface area (Å²) in [5.41, 5.74) is 7.05. The number of benzene rings is 1. The van der Waals surface area contributed by atoms with Crippen LogP contribution >= 0.6 is 11.6 Å². The van der Waals surface area contributed by atoms with E-state index in [2.05, 4.69) is 0 Å². The molecule has 5 heteroatoms. The van der Waals surface area contributed by atoms with E-state index in [0.29, 0.717) is 22.3 Å². The molecule has 3 rings (SSSR count). The molecule has 1 aromatic rings. The molecule has 0 spiro atoms. The molecule has 0 aromatic heterocycles. The van der Waals surface area contributed by atoms with Gasteiger partial charge < -0.3 is 19.9 Å². The van der Waals surface area contributed by atoms with Gasteiger partial charge in [0.25, 0.3) is 0 Å². The lowest BCUT2D eigenvalue weighted by atomic mass is 9.88. The predicted molar refractivity (Wildman–Crippen MR) is 68.5 cm³/mol. The lowest BCUT2D eigenvalue weighted by Crippen LogP contribution is -2.33. The maximum Gasteiger partial charge on any atom is 0.231 e. The third kappa shape index (κ3) is 1.63. The van der Waals surface area contributed by atoms with Crippen LogP contribution in [0.15, 0.2) is 6.07 Å². The van der Waals surface area contributed by atoms with Crippen LogP contribution in [0.2, 0.25) is 5.02 Å². The molecule has 1 aliphatic heterocycles. The first kappa shape index (κ1) is 11.9. The van der Waals surface area contributed by atoms with Crippen LogP contribution < -0.4 is 19.9 Å². The normalized spacial score (nSPS) is 20.2. The Labute approximate surface area is 111 Å². The fraction of sp³-hybridized carbons (Fsp3) is 0.538. The number of halogens is 1. The van der Waals surface area contributed by atoms with Gasteiger partial charge in [-0.3, -0.25) is 0 Å². The van der Waals surface area contributed by atoms with Crippen LogP contribution in [0.4, 0.5) is 0 Å². The molecule has 1 saturated carbocycles. The van der Waals surface area contributed by atoms with Crippen LogP contribution in [0.3, 0.4) is 0 Å². The zero-order chi connectivity index (χ0) is 12.8. The summed E-state index contributed by atoms with van der Waals surface area (Å²) in [5, 5.41) is 0.458. The molecular weight excluding hydrogens is 254 g/mol. The van der Waals surface area contributed by atoms with Crippen molar-refractivity contribution in [1.29, 1.82) is 0 Å². The molecule has 1 aliphatic carbocycles. The minimum Gasteiger partial charge on any atom is -0.495 e. The topological polar surface area (TPSA) is 53.7 Å². The Morgan fingerprint density at radius 2 is 2.06 bits per heavy atom. The van der Waals surface area contributed by atoms with Crippen LogP contribution in [0.25, 0.3) is 0 Å². The summed E-state index contributed by atoms with van der Waals surface area (Å²) in [6.45, 7) is 0.194. The molecule has 0 radical (unpaired) electrons. The third-order valence-corrected chi connectivity index (χ3v) is 4.14. The van der Waals surface area contributed by atoms with E-state index in [9.17, 15) is 0 Å². The smallest absolute Gasteiger partial charge is 0.231 e. The summed E-state index contributed by atoms with van der Waals surface area (Å²) in [4.78, 5) is 0. The summed E-state index contributed by atoms with van der Waals surface area (Å²) in [6.07, 6.45) is 4.15. The van der Waals surface area contributed by atoms with Crippen LogP contribution in [0.5, 0.6) is 17.2 Å². The van der Waals surface area contributed by atoms with Crippen molar-refractivity contribution >= 4 is 11.6 Å². The van der Waals surface area contributed by atoms with Gasteiger partial charge in [-0.2, -0.15) is 0 Å². The zero-order valence-electron chi connectivity index (χ0n) is 10.3. The van der Waals surface area contributed by atoms with Gasteiger partial charge >= 0.3 is 0 Å². The standard InChI is InChI=1S/C13H16ClNO3/c1-16-11-8(13(15)4-2-3-5-13)6-9-12(10(11)14)18-7-17-9/h6H,2-5,7,15H2,1H3. The Morgan fingerprint density at radius 3 is 2.72 bits per heavy atom. The number of methoxy groups -OCH3 is 1. The van der Waals surface area contributed by atoms with Gasteiger partial charge in [-0.05, 0) is 18.9 Å². The molecule has 1 aromatic carbocycles. The van der Waals surface area contributed by atoms with Gasteiger partial charge in [-0.25, -0.2) is 0 Å². The first-order valence-electron chi connectivity index (χ1n) is 6.11. The van der Waals surface area contributed by atoms with Crippen molar-refractivity contribution in [3.8, 4) is 17.2 Å². The average Bonchev–Trinajstić information content (AvgIpc) is 2.98. The van der Waals surface area contributed by atoms with Crippen molar-refractivity contribution in [3.63, 3.8) is 0 Å². The second kappa shape index (κ2) is 4.21. The zero-order valence-corrected chi connectivity index (χ0v) is 11.0. The van der Waals surface area contributed by atoms with Crippen molar-refractivity contribution < 1.29 is 14.2 Å². The SMILES string of the molecule is COc1c(C2(N)CCCC2)cc2c(c1Cl)OCO2. The van der Waals surface area contributed by atoms with E-state index in [-0.39, 0.29) is 12.3 Å². The minimum atomic E-state index is -0.365. The molecule has 0 bridgehead atoms. The highest BCUT2D eigenvalue weighted by Crippen LogP contribution is 2.51. The lowest BCUT2D eigenvalue weighted by molar-refractivity contribution is 0.174. The molecule has 2 N–H and O–H groups in total. The Hall–Kier alpha value is -1.13. The van der Waals surface area contributed by atoms with E-state index in [0.717, 1.165) is 31.2 Å². The van der Waals surface area contributed by atoms with Gasteiger partial charge in [0.2, 0.25) is 6.79 Å². The first-order valence-corrected chi connectivity index (χ1v) is 6.49. The summed E-state index contributed by atoms with van der Waals surface area (Å²) in [7, 11) is 1.60. The number of ether oxygens (including phenoxy) is 3. The number of fused-ring (bicyclic) bond motifs is 1. The highest BCUT2D eigenvalue weighted by atomic mass is 35.5. The molecule has 2 aliphatic rings. The minimum absolute atomic E-state index is 0.194. The molecular formula is C13H16ClNO3. The summed E-state index contributed by atoms with van der Waals surface area (Å²) < 4.78 is 16.2. The largest absolute Gasteiger partial charge is 0.495 e. The van der Waals surface area contributed by atoms with Gasteiger partial charge in [-0.1, -0.05) is 24.4 Å². The Morgan fingerprint density at radius 1 is 1.33 bits per heavy atom. The van der Waals surface area contributed by atoms with Crippen molar-refractivity contribution in [3.05, 3.63) is 16.7 Å². The Bertz CT molecular complexity index is 484. The number of hydrogen-bond donors (Lipinski definition) is 1. The maximum atomic E-state index is 6.48. The summed E-state index contributed by atoms with van der Waals surface area (Å²) in [6, 6.07) is 1.92. The van der Waals surface area contributed by atoms with E-state index in [1.54, 1.807) is 7.11 Å². The first-order chi connectivity index (χ1) is 8.65. The lowest BCUT2D eigenvalue weighted by Gasteiger charge is -2.27. The number of hydrogen-bond acceptors (Lipinski definition) is 4. The monoisotopic (exact) mass is 269 g/mol. The van der Waals surface area contributed by atoms with Crippen LogP contribution in [-0.4, -0.2) is 13.9 Å². The Balaban J connectivity index is 2.16. The molecule has 18 heavy (non-hydrogen) atoms. The fourth-order valence-electron chi connectivity index (χ4n) is 2.83. The van der Waals surface area contributed by atoms with Crippen molar-refractivity contribution in [1.82, 2.24) is 0 Å². The van der Waals surface area contributed by atoms with E-state index in [1.165, 1.54) is 0 Å². The number of rotatable bonds is 2. The highest BCUT2D eigenvalue weighted by Gasteiger charge is 2.37. The van der Waals surface area contributed by atoms with Gasteiger partial charge in [0.05, 0.1) is 7.11 Å². The van der Waals surface area contributed by atoms with E-state index < -0.39 is 0 Å². The van der Waals surface area contributed by atoms with Gasteiger partial charge in [-0.15, -0.1) is 0 Å². The molecule has 0 atom stereocenters. The van der Waals surface area contributed by atoms with Crippen molar-refractivity contribution in [2.24, 2.45) is 5.73 Å². The summed E-state index contributed by atoms with van der Waals surface area (Å²) in [5.74, 6) is 1.83. The van der Waals surface area contributed by atoms with Gasteiger partial charge in [0.1, 0.15) is 10.8 Å². The molecule has 0 unspecified atom stereocenters. The predicted octanol–water partition coefficient (Wildman–Crippen LogP) is 2.81. The third-order valence-electron chi connectivity index (χ3n) is 3.80. The fourth-order valence-corrected chi connectivity index (χ4v) is 3.16. The molecule has 4 nitrogen and oxygen atoms in total. The Kier molecular flexibility index (Phi) is 2.79. The van der Waals surface area contributed by atoms with Crippen LogP contribution in [0, 0.1) is 0 Å². The highest BCUT2D eigenvalue weighted by molar-refractivity contribution is 6.34. The quantitative estimate of drug-likeness (QED) is 0.897. The van der Waals surface area contributed by atoms with Crippen molar-refractivity contribution in [2.45, 2.75) is 31.2 Å². The molecule has 98 valence electrons. The summed E-state index contributed by atoms with van der Waals surface area (Å²) >= 11 is 6.31. The van der Waals surface area contributed by atoms with Crippen LogP contribution in [-0.2, 0) is 5.54 Å². The van der Waals surface area contributed by atoms with Crippen molar-refractivity contribution in [2.75, 3.05) is 13.9 Å². The molecule has 1 fully saturated rings. The van der Waals surface area contributed by atoms with E-state index >= 15 is 0 Å². The average molecular weight is 270 g/mol.